The smallest absolute Gasteiger partial charge is 0.0663 e. The fraction of sp³-hybridized carbons (Fsp3) is 0.562. The molecule has 0 bridgehead atoms. The van der Waals surface area contributed by atoms with Gasteiger partial charge < -0.3 is 0 Å². The average Bonchev–Trinajstić information content (AvgIpc) is 2.25. The van der Waals surface area contributed by atoms with Crippen molar-refractivity contribution in [3.63, 3.8) is 0 Å². The van der Waals surface area contributed by atoms with Crippen LogP contribution in [0.2, 0.25) is 0 Å². The fourth-order valence-electron chi connectivity index (χ4n) is 1.56. The van der Waals surface area contributed by atoms with E-state index in [1.54, 1.807) is 0 Å². The molecule has 1 heteroatoms. The summed E-state index contributed by atoms with van der Waals surface area (Å²) in [5, 5.41) is 8.46. The first-order valence-corrected chi connectivity index (χ1v) is 6.38. The zero-order valence-corrected chi connectivity index (χ0v) is 11.7. The minimum Gasteiger partial charge on any atom is -0.198 e. The maximum Gasteiger partial charge on any atom is 0.0663 e. The molecule has 0 spiro atoms. The summed E-state index contributed by atoms with van der Waals surface area (Å²) in [5.74, 6) is 0. The normalized spacial score (nSPS) is 12.2. The lowest BCUT2D eigenvalue weighted by Crippen LogP contribution is -1.80. The summed E-state index contributed by atoms with van der Waals surface area (Å²) in [6.45, 7) is 8.58. The monoisotopic (exact) mass is 231 g/mol. The second-order valence-electron chi connectivity index (χ2n) is 4.82. The number of nitriles is 1. The quantitative estimate of drug-likeness (QED) is 0.544. The third-order valence-corrected chi connectivity index (χ3v) is 2.66. The summed E-state index contributed by atoms with van der Waals surface area (Å²) in [4.78, 5) is 0. The van der Waals surface area contributed by atoms with Gasteiger partial charge in [0.2, 0.25) is 0 Å². The van der Waals surface area contributed by atoms with Crippen molar-refractivity contribution in [2.45, 2.75) is 59.8 Å². The van der Waals surface area contributed by atoms with E-state index in [9.17, 15) is 0 Å². The molecule has 0 aliphatic heterocycles. The fourth-order valence-corrected chi connectivity index (χ4v) is 1.56. The zero-order chi connectivity index (χ0) is 13.1. The van der Waals surface area contributed by atoms with Crippen LogP contribution in [0, 0.1) is 11.3 Å². The number of hydrogen-bond acceptors (Lipinski definition) is 1. The van der Waals surface area contributed by atoms with Crippen molar-refractivity contribution in [1.82, 2.24) is 0 Å². The van der Waals surface area contributed by atoms with Gasteiger partial charge in [0.1, 0.15) is 0 Å². The van der Waals surface area contributed by atoms with Gasteiger partial charge in [-0.2, -0.15) is 5.26 Å². The predicted molar refractivity (Wildman–Crippen MR) is 75.6 cm³/mol. The Morgan fingerprint density at radius 2 is 1.41 bits per heavy atom. The third-order valence-electron chi connectivity index (χ3n) is 2.66. The van der Waals surface area contributed by atoms with Gasteiger partial charge in [0.15, 0.2) is 0 Å². The van der Waals surface area contributed by atoms with E-state index >= 15 is 0 Å². The number of hydrogen-bond donors (Lipinski definition) is 0. The zero-order valence-electron chi connectivity index (χ0n) is 11.7. The van der Waals surface area contributed by atoms with Gasteiger partial charge in [-0.3, -0.25) is 0 Å². The Balaban J connectivity index is 3.85. The Kier molecular flexibility index (Phi) is 9.15. The molecule has 0 aromatic heterocycles. The molecule has 0 aliphatic rings. The second-order valence-corrected chi connectivity index (χ2v) is 4.82. The van der Waals surface area contributed by atoms with E-state index in [0.29, 0.717) is 6.42 Å². The third kappa shape index (κ3) is 11.0. The molecule has 94 valence electrons. The number of allylic oxidation sites excluding steroid dienone is 6. The molecule has 0 fully saturated rings. The lowest BCUT2D eigenvalue weighted by atomic mass is 10.1. The van der Waals surface area contributed by atoms with Crippen molar-refractivity contribution < 1.29 is 0 Å². The van der Waals surface area contributed by atoms with Crippen molar-refractivity contribution >= 4 is 0 Å². The van der Waals surface area contributed by atoms with E-state index in [4.69, 9.17) is 5.26 Å². The van der Waals surface area contributed by atoms with Crippen molar-refractivity contribution in [2.75, 3.05) is 0 Å². The van der Waals surface area contributed by atoms with Gasteiger partial charge in [-0.25, -0.2) is 0 Å². The van der Waals surface area contributed by atoms with Gasteiger partial charge >= 0.3 is 0 Å². The molecule has 0 heterocycles. The molecular formula is C16H25N. The van der Waals surface area contributed by atoms with Gasteiger partial charge in [0.05, 0.1) is 12.5 Å². The molecule has 0 aromatic rings. The minimum atomic E-state index is 0.537. The van der Waals surface area contributed by atoms with E-state index < -0.39 is 0 Å². The largest absolute Gasteiger partial charge is 0.198 e. The standard InChI is InChI=1S/C16H25N/c1-14(2)8-5-9-15(3)10-6-11-16(4)12-7-13-17/h8,10,12H,5-7,9,11H2,1-4H3/b15-10+,16-12-. The molecule has 0 aromatic carbocycles. The summed E-state index contributed by atoms with van der Waals surface area (Å²) in [6.07, 6.45) is 11.6. The molecule has 0 aliphatic carbocycles. The molecule has 1 nitrogen and oxygen atoms in total. The van der Waals surface area contributed by atoms with Crippen LogP contribution in [0.25, 0.3) is 0 Å². The molecule has 17 heavy (non-hydrogen) atoms. The highest BCUT2D eigenvalue weighted by molar-refractivity contribution is 5.06. The van der Waals surface area contributed by atoms with Crippen LogP contribution in [0.5, 0.6) is 0 Å². The number of nitrogens with zero attached hydrogens (tertiary/aromatic N) is 1. The van der Waals surface area contributed by atoms with Crippen LogP contribution in [-0.2, 0) is 0 Å². The van der Waals surface area contributed by atoms with Crippen LogP contribution < -0.4 is 0 Å². The van der Waals surface area contributed by atoms with Crippen molar-refractivity contribution in [3.05, 3.63) is 34.9 Å². The van der Waals surface area contributed by atoms with E-state index in [0.717, 1.165) is 25.7 Å². The molecular weight excluding hydrogens is 206 g/mol. The summed E-state index contributed by atoms with van der Waals surface area (Å²) in [6, 6.07) is 2.14. The highest BCUT2D eigenvalue weighted by Crippen LogP contribution is 2.11. The Labute approximate surface area is 107 Å². The molecule has 0 N–H and O–H groups in total. The van der Waals surface area contributed by atoms with Crippen LogP contribution in [0.3, 0.4) is 0 Å². The van der Waals surface area contributed by atoms with Crippen molar-refractivity contribution in [3.8, 4) is 6.07 Å². The molecule has 0 radical (unpaired) electrons. The van der Waals surface area contributed by atoms with Crippen molar-refractivity contribution in [2.24, 2.45) is 0 Å². The molecule has 0 saturated carbocycles. The Morgan fingerprint density at radius 1 is 0.882 bits per heavy atom. The van der Waals surface area contributed by atoms with E-state index in [1.807, 2.05) is 6.08 Å². The van der Waals surface area contributed by atoms with Crippen LogP contribution in [0.15, 0.2) is 34.9 Å². The molecule has 0 unspecified atom stereocenters. The van der Waals surface area contributed by atoms with E-state index in [1.165, 1.54) is 16.7 Å². The summed E-state index contributed by atoms with van der Waals surface area (Å²) < 4.78 is 0. The predicted octanol–water partition coefficient (Wildman–Crippen LogP) is 5.32. The first-order chi connectivity index (χ1) is 8.06. The average molecular weight is 231 g/mol. The Bertz CT molecular complexity index is 333. The van der Waals surface area contributed by atoms with E-state index in [2.05, 4.69) is 45.9 Å². The minimum absolute atomic E-state index is 0.537. The van der Waals surface area contributed by atoms with Crippen LogP contribution in [0.4, 0.5) is 0 Å². The van der Waals surface area contributed by atoms with Gasteiger partial charge in [0.25, 0.3) is 0 Å². The number of rotatable bonds is 7. The van der Waals surface area contributed by atoms with Crippen LogP contribution >= 0.6 is 0 Å². The van der Waals surface area contributed by atoms with Crippen molar-refractivity contribution in [1.29, 1.82) is 5.26 Å². The summed E-state index contributed by atoms with van der Waals surface area (Å²) >= 11 is 0. The highest BCUT2D eigenvalue weighted by atomic mass is 14.2. The maximum absolute atomic E-state index is 8.46. The Morgan fingerprint density at radius 3 is 1.94 bits per heavy atom. The molecule has 0 rings (SSSR count). The Hall–Kier alpha value is -1.29. The molecule has 0 atom stereocenters. The van der Waals surface area contributed by atoms with Gasteiger partial charge in [0, 0.05) is 0 Å². The molecule has 0 amide bonds. The lowest BCUT2D eigenvalue weighted by molar-refractivity contribution is 0.915. The highest BCUT2D eigenvalue weighted by Gasteiger charge is 1.91. The topological polar surface area (TPSA) is 23.8 Å². The SMILES string of the molecule is CC(C)=CCC/C(C)=C/CC/C(C)=C\CC#N. The summed E-state index contributed by atoms with van der Waals surface area (Å²) in [7, 11) is 0. The van der Waals surface area contributed by atoms with Crippen LogP contribution in [0.1, 0.15) is 59.8 Å². The molecule has 0 saturated heterocycles. The maximum atomic E-state index is 8.46. The van der Waals surface area contributed by atoms with E-state index in [-0.39, 0.29) is 0 Å². The first-order valence-electron chi connectivity index (χ1n) is 6.38. The second kappa shape index (κ2) is 9.90. The van der Waals surface area contributed by atoms with Gasteiger partial charge in [-0.05, 0) is 53.4 Å². The lowest BCUT2D eigenvalue weighted by Gasteiger charge is -2.00. The van der Waals surface area contributed by atoms with Gasteiger partial charge in [-0.15, -0.1) is 0 Å². The van der Waals surface area contributed by atoms with Crippen LogP contribution in [-0.4, -0.2) is 0 Å². The first kappa shape index (κ1) is 15.7. The summed E-state index contributed by atoms with van der Waals surface area (Å²) in [5.41, 5.74) is 4.18. The van der Waals surface area contributed by atoms with Gasteiger partial charge in [-0.1, -0.05) is 34.9 Å².